The first-order chi connectivity index (χ1) is 15.6. The maximum absolute atomic E-state index is 13.0. The lowest BCUT2D eigenvalue weighted by molar-refractivity contribution is 0.0927. The fourth-order valence-corrected chi connectivity index (χ4v) is 4.18. The van der Waals surface area contributed by atoms with Gasteiger partial charge in [0.2, 0.25) is 0 Å². The van der Waals surface area contributed by atoms with E-state index in [-0.39, 0.29) is 17.9 Å². The quantitative estimate of drug-likeness (QED) is 0.513. The first-order valence-corrected chi connectivity index (χ1v) is 10.6. The minimum atomic E-state index is -0.153. The zero-order valence-corrected chi connectivity index (χ0v) is 17.7. The van der Waals surface area contributed by atoms with Crippen LogP contribution in [0.25, 0.3) is 5.65 Å². The number of aryl methyl sites for hydroxylation is 2. The number of carbonyl (C=O) groups is 2. The molecule has 1 aliphatic rings. The highest BCUT2D eigenvalue weighted by Gasteiger charge is 2.26. The minimum Gasteiger partial charge on any atom is -0.348 e. The molecular weight excluding hydrogens is 402 g/mol. The maximum atomic E-state index is 13.0. The number of amides is 2. The number of benzene rings is 1. The van der Waals surface area contributed by atoms with E-state index in [2.05, 4.69) is 20.6 Å². The van der Waals surface area contributed by atoms with Gasteiger partial charge in [0, 0.05) is 30.7 Å². The van der Waals surface area contributed by atoms with E-state index < -0.39 is 0 Å². The van der Waals surface area contributed by atoms with Crippen molar-refractivity contribution in [3.63, 3.8) is 0 Å². The number of fused-ring (bicyclic) bond motifs is 2. The molecule has 2 amide bonds. The van der Waals surface area contributed by atoms with E-state index in [0.717, 1.165) is 40.7 Å². The number of nitrogens with one attached hydrogen (secondary N) is 2. The van der Waals surface area contributed by atoms with Crippen LogP contribution in [0.15, 0.2) is 67.3 Å². The van der Waals surface area contributed by atoms with Gasteiger partial charge in [0.05, 0.1) is 12.2 Å². The number of nitrogens with zero attached hydrogens (tertiary/aromatic N) is 3. The molecule has 32 heavy (non-hydrogen) atoms. The van der Waals surface area contributed by atoms with Crippen molar-refractivity contribution in [1.82, 2.24) is 25.0 Å². The molecule has 2 N–H and O–H groups in total. The summed E-state index contributed by atoms with van der Waals surface area (Å²) in [5, 5.41) is 6.07. The Labute approximate surface area is 185 Å². The number of pyridine rings is 2. The van der Waals surface area contributed by atoms with Crippen molar-refractivity contribution in [3.8, 4) is 0 Å². The lowest BCUT2D eigenvalue weighted by Gasteiger charge is -2.14. The summed E-state index contributed by atoms with van der Waals surface area (Å²) in [4.78, 5) is 33.9. The molecule has 7 heteroatoms. The van der Waals surface area contributed by atoms with Gasteiger partial charge in [-0.05, 0) is 66.3 Å². The highest BCUT2D eigenvalue weighted by molar-refractivity contribution is 5.95. The van der Waals surface area contributed by atoms with E-state index in [1.165, 1.54) is 0 Å². The van der Waals surface area contributed by atoms with Crippen LogP contribution >= 0.6 is 0 Å². The molecule has 1 aliphatic carbocycles. The summed E-state index contributed by atoms with van der Waals surface area (Å²) in [5.74, 6) is -0.274. The summed E-state index contributed by atoms with van der Waals surface area (Å²) in [6.45, 7) is 2.42. The Bertz CT molecular complexity index is 1310. The Kier molecular flexibility index (Phi) is 5.15. The molecule has 0 saturated heterocycles. The normalized spacial score (nSPS) is 14.8. The average molecular weight is 425 g/mol. The number of carbonyl (C=O) groups excluding carboxylic acids is 2. The van der Waals surface area contributed by atoms with Gasteiger partial charge >= 0.3 is 0 Å². The van der Waals surface area contributed by atoms with Crippen LogP contribution in [0.2, 0.25) is 0 Å². The Hall–Kier alpha value is -4.00. The summed E-state index contributed by atoms with van der Waals surface area (Å²) in [7, 11) is 0. The summed E-state index contributed by atoms with van der Waals surface area (Å²) >= 11 is 0. The van der Waals surface area contributed by atoms with Crippen molar-refractivity contribution in [2.45, 2.75) is 32.4 Å². The molecule has 1 aromatic carbocycles. The van der Waals surface area contributed by atoms with Gasteiger partial charge in [-0.25, -0.2) is 4.98 Å². The largest absolute Gasteiger partial charge is 0.348 e. The van der Waals surface area contributed by atoms with Gasteiger partial charge < -0.3 is 10.6 Å². The van der Waals surface area contributed by atoms with Crippen molar-refractivity contribution in [1.29, 1.82) is 0 Å². The van der Waals surface area contributed by atoms with Crippen LogP contribution in [0.5, 0.6) is 0 Å². The van der Waals surface area contributed by atoms with Gasteiger partial charge in [-0.2, -0.15) is 0 Å². The molecule has 7 nitrogen and oxygen atoms in total. The van der Waals surface area contributed by atoms with Crippen LogP contribution in [-0.2, 0) is 13.0 Å². The molecule has 0 aliphatic heterocycles. The molecule has 5 rings (SSSR count). The molecule has 1 atom stereocenters. The van der Waals surface area contributed by atoms with Crippen molar-refractivity contribution in [2.24, 2.45) is 0 Å². The fourth-order valence-electron chi connectivity index (χ4n) is 4.18. The van der Waals surface area contributed by atoms with Crippen LogP contribution in [0.1, 0.15) is 55.6 Å². The smallest absolute Gasteiger partial charge is 0.270 e. The van der Waals surface area contributed by atoms with Gasteiger partial charge in [-0.3, -0.25) is 19.0 Å². The lowest BCUT2D eigenvalue weighted by Crippen LogP contribution is -2.28. The number of aromatic nitrogens is 3. The van der Waals surface area contributed by atoms with Gasteiger partial charge in [0.1, 0.15) is 11.3 Å². The minimum absolute atomic E-state index is 0.0830. The van der Waals surface area contributed by atoms with Gasteiger partial charge in [0.25, 0.3) is 11.8 Å². The predicted octanol–water partition coefficient (Wildman–Crippen LogP) is 3.39. The Morgan fingerprint density at radius 1 is 1.12 bits per heavy atom. The number of hydrogen-bond acceptors (Lipinski definition) is 4. The number of hydrogen-bond donors (Lipinski definition) is 2. The van der Waals surface area contributed by atoms with Gasteiger partial charge in [-0.15, -0.1) is 0 Å². The predicted molar refractivity (Wildman–Crippen MR) is 120 cm³/mol. The van der Waals surface area contributed by atoms with E-state index in [1.54, 1.807) is 18.6 Å². The second-order valence-corrected chi connectivity index (χ2v) is 8.10. The lowest BCUT2D eigenvalue weighted by atomic mass is 10.0. The summed E-state index contributed by atoms with van der Waals surface area (Å²) in [5.41, 5.74) is 6.05. The summed E-state index contributed by atoms with van der Waals surface area (Å²) in [6.07, 6.45) is 8.58. The van der Waals surface area contributed by atoms with Gasteiger partial charge in [-0.1, -0.05) is 18.2 Å². The highest BCUT2D eigenvalue weighted by Crippen LogP contribution is 2.32. The zero-order chi connectivity index (χ0) is 22.1. The molecular formula is C25H23N5O2. The zero-order valence-electron chi connectivity index (χ0n) is 17.7. The molecule has 0 unspecified atom stereocenters. The summed E-state index contributed by atoms with van der Waals surface area (Å²) < 4.78 is 1.82. The third-order valence-corrected chi connectivity index (χ3v) is 5.85. The maximum Gasteiger partial charge on any atom is 0.270 e. The molecule has 160 valence electrons. The molecule has 0 saturated carbocycles. The van der Waals surface area contributed by atoms with Crippen LogP contribution < -0.4 is 10.6 Å². The van der Waals surface area contributed by atoms with Crippen LogP contribution in [0.3, 0.4) is 0 Å². The van der Waals surface area contributed by atoms with E-state index in [4.69, 9.17) is 0 Å². The Morgan fingerprint density at radius 3 is 2.88 bits per heavy atom. The molecule has 0 bridgehead atoms. The summed E-state index contributed by atoms with van der Waals surface area (Å²) in [6, 6.07) is 13.3. The van der Waals surface area contributed by atoms with E-state index >= 15 is 0 Å². The molecule has 3 heterocycles. The molecule has 0 fully saturated rings. The van der Waals surface area contributed by atoms with Crippen LogP contribution in [-0.4, -0.2) is 26.2 Å². The third-order valence-electron chi connectivity index (χ3n) is 5.85. The highest BCUT2D eigenvalue weighted by atomic mass is 16.2. The number of rotatable bonds is 5. The van der Waals surface area contributed by atoms with E-state index in [9.17, 15) is 9.59 Å². The topological polar surface area (TPSA) is 88.4 Å². The molecule has 3 aromatic heterocycles. The first-order valence-electron chi connectivity index (χ1n) is 10.6. The Balaban J connectivity index is 1.28. The third kappa shape index (κ3) is 3.85. The average Bonchev–Trinajstić information content (AvgIpc) is 3.41. The first kappa shape index (κ1) is 19.9. The number of imidazole rings is 1. The van der Waals surface area contributed by atoms with Crippen molar-refractivity contribution >= 4 is 17.5 Å². The van der Waals surface area contributed by atoms with E-state index in [0.29, 0.717) is 17.8 Å². The molecule has 4 aromatic rings. The monoisotopic (exact) mass is 425 g/mol. The second-order valence-electron chi connectivity index (χ2n) is 8.10. The van der Waals surface area contributed by atoms with Crippen LogP contribution in [0.4, 0.5) is 0 Å². The Morgan fingerprint density at radius 2 is 2.03 bits per heavy atom. The van der Waals surface area contributed by atoms with E-state index in [1.807, 2.05) is 60.0 Å². The fraction of sp³-hybridized carbons (Fsp3) is 0.200. The standard InChI is InChI=1S/C25H23N5O2/c1-16-4-9-23-27-14-22(30(23)15-16)25(32)29-21-8-6-18-11-19(5-7-20(18)21)24(31)28-13-17-3-2-10-26-12-17/h2-5,7,9-12,14-15,21H,6,8,13H2,1H3,(H,28,31)(H,29,32)/t21-/m1/s1. The van der Waals surface area contributed by atoms with Crippen molar-refractivity contribution in [2.75, 3.05) is 0 Å². The van der Waals surface area contributed by atoms with Crippen molar-refractivity contribution in [3.05, 3.63) is 101 Å². The second kappa shape index (κ2) is 8.26. The van der Waals surface area contributed by atoms with Gasteiger partial charge in [0.15, 0.2) is 0 Å². The SMILES string of the molecule is Cc1ccc2ncc(C(=O)N[C@@H]3CCc4cc(C(=O)NCc5cccnc5)ccc43)n2c1. The molecule has 0 spiro atoms. The van der Waals surface area contributed by atoms with Crippen LogP contribution in [0, 0.1) is 6.92 Å². The molecule has 0 radical (unpaired) electrons. The van der Waals surface area contributed by atoms with Crippen molar-refractivity contribution < 1.29 is 9.59 Å².